The van der Waals surface area contributed by atoms with Crippen LogP contribution >= 0.6 is 0 Å². The summed E-state index contributed by atoms with van der Waals surface area (Å²) in [5.41, 5.74) is 1.91. The molecule has 5 nitrogen and oxygen atoms in total. The zero-order chi connectivity index (χ0) is 20.2. The Balaban J connectivity index is 1.36. The summed E-state index contributed by atoms with van der Waals surface area (Å²) in [6, 6.07) is 8.00. The maximum atomic E-state index is 13.2. The molecule has 2 aromatic rings. The van der Waals surface area contributed by atoms with Gasteiger partial charge in [0.05, 0.1) is 11.6 Å². The maximum Gasteiger partial charge on any atom is 0.357 e. The number of ether oxygens (including phenoxy) is 1. The van der Waals surface area contributed by atoms with Crippen LogP contribution in [0.5, 0.6) is 0 Å². The van der Waals surface area contributed by atoms with E-state index < -0.39 is 5.72 Å². The minimum Gasteiger partial charge on any atom is -0.434 e. The van der Waals surface area contributed by atoms with Crippen LogP contribution in [-0.4, -0.2) is 28.9 Å². The molecule has 5 rings (SSSR count). The number of ketones is 1. The van der Waals surface area contributed by atoms with Gasteiger partial charge in [-0.25, -0.2) is 4.79 Å². The number of Topliss-reactive ketones (excluding diaryl/α,β-unsaturated/α-hetero) is 1. The number of fused-ring (bicyclic) bond motifs is 3. The van der Waals surface area contributed by atoms with Crippen molar-refractivity contribution in [2.24, 2.45) is 11.8 Å². The number of hydrogen-bond donors (Lipinski definition) is 1. The molecule has 1 saturated carbocycles. The first-order valence-electron chi connectivity index (χ1n) is 11.1. The van der Waals surface area contributed by atoms with Gasteiger partial charge in [0, 0.05) is 11.8 Å². The van der Waals surface area contributed by atoms with Gasteiger partial charge in [0.15, 0.2) is 11.5 Å². The summed E-state index contributed by atoms with van der Waals surface area (Å²) < 4.78 is 7.41. The van der Waals surface area contributed by atoms with Crippen molar-refractivity contribution < 1.29 is 14.3 Å². The molecule has 0 bridgehead atoms. The largest absolute Gasteiger partial charge is 0.434 e. The minimum absolute atomic E-state index is 0.00162. The predicted octanol–water partition coefficient (Wildman–Crippen LogP) is 4.17. The number of carbonyl (C=O) groups excluding carboxylic acids is 2. The van der Waals surface area contributed by atoms with Crippen LogP contribution in [0.4, 0.5) is 0 Å². The summed E-state index contributed by atoms with van der Waals surface area (Å²) in [6.07, 6.45) is 8.12. The first kappa shape index (κ1) is 18.9. The number of hydrogen-bond acceptors (Lipinski definition) is 4. The van der Waals surface area contributed by atoms with E-state index in [1.807, 2.05) is 36.6 Å². The van der Waals surface area contributed by atoms with E-state index in [0.29, 0.717) is 29.7 Å². The third-order valence-corrected chi connectivity index (χ3v) is 7.21. The van der Waals surface area contributed by atoms with Crippen LogP contribution in [0.3, 0.4) is 0 Å². The van der Waals surface area contributed by atoms with E-state index in [1.54, 1.807) is 0 Å². The SMILES string of the molecule is CC1(C)OC(=O)c2cc3cc(CC(=O)[C@H]4NCC[C@H]4C4CCCCC4)ccc3n21. The number of rotatable bonds is 4. The molecule has 1 saturated heterocycles. The Morgan fingerprint density at radius 2 is 1.97 bits per heavy atom. The highest BCUT2D eigenvalue weighted by Gasteiger charge is 2.39. The van der Waals surface area contributed by atoms with Gasteiger partial charge < -0.3 is 10.1 Å². The fourth-order valence-electron chi connectivity index (χ4n) is 5.89. The molecule has 0 unspecified atom stereocenters. The van der Waals surface area contributed by atoms with Crippen molar-refractivity contribution in [1.29, 1.82) is 0 Å². The molecule has 2 aliphatic heterocycles. The highest BCUT2D eigenvalue weighted by atomic mass is 16.6. The van der Waals surface area contributed by atoms with Gasteiger partial charge in [0.2, 0.25) is 0 Å². The lowest BCUT2D eigenvalue weighted by molar-refractivity contribution is -0.121. The van der Waals surface area contributed by atoms with E-state index in [2.05, 4.69) is 11.4 Å². The summed E-state index contributed by atoms with van der Waals surface area (Å²) in [6.45, 7) is 4.75. The van der Waals surface area contributed by atoms with Gasteiger partial charge in [0.25, 0.3) is 0 Å². The highest BCUT2D eigenvalue weighted by molar-refractivity contribution is 5.98. The molecule has 0 radical (unpaired) electrons. The van der Waals surface area contributed by atoms with Crippen LogP contribution < -0.4 is 5.32 Å². The summed E-state index contributed by atoms with van der Waals surface area (Å²) in [5.74, 6) is 1.23. The van der Waals surface area contributed by atoms with Gasteiger partial charge in [-0.2, -0.15) is 0 Å². The van der Waals surface area contributed by atoms with E-state index in [1.165, 1.54) is 32.1 Å². The molecule has 2 fully saturated rings. The van der Waals surface area contributed by atoms with Crippen molar-refractivity contribution in [1.82, 2.24) is 9.88 Å². The second-order valence-electron chi connectivity index (χ2n) is 9.52. The topological polar surface area (TPSA) is 60.3 Å². The average molecular weight is 395 g/mol. The summed E-state index contributed by atoms with van der Waals surface area (Å²) >= 11 is 0. The number of carbonyl (C=O) groups is 2. The normalized spacial score (nSPS) is 26.6. The van der Waals surface area contributed by atoms with Gasteiger partial charge >= 0.3 is 5.97 Å². The molecule has 3 heterocycles. The molecule has 0 amide bonds. The maximum absolute atomic E-state index is 13.2. The zero-order valence-corrected chi connectivity index (χ0v) is 17.4. The van der Waals surface area contributed by atoms with Crippen LogP contribution in [0.2, 0.25) is 0 Å². The molecule has 1 aliphatic carbocycles. The number of benzene rings is 1. The quantitative estimate of drug-likeness (QED) is 0.791. The molecule has 3 aliphatic rings. The third-order valence-electron chi connectivity index (χ3n) is 7.21. The van der Waals surface area contributed by atoms with E-state index >= 15 is 0 Å². The summed E-state index contributed by atoms with van der Waals surface area (Å²) in [7, 11) is 0. The van der Waals surface area contributed by atoms with Gasteiger partial charge in [0.1, 0.15) is 5.69 Å². The Morgan fingerprint density at radius 1 is 1.17 bits per heavy atom. The molecule has 1 N–H and O–H groups in total. The highest BCUT2D eigenvalue weighted by Crippen LogP contribution is 2.37. The fourth-order valence-corrected chi connectivity index (χ4v) is 5.89. The molecule has 5 heteroatoms. The molecule has 0 spiro atoms. The van der Waals surface area contributed by atoms with Crippen molar-refractivity contribution >= 4 is 22.7 Å². The lowest BCUT2D eigenvalue weighted by atomic mass is 9.75. The number of esters is 1. The second-order valence-corrected chi connectivity index (χ2v) is 9.52. The Labute approximate surface area is 171 Å². The van der Waals surface area contributed by atoms with Crippen molar-refractivity contribution in [2.75, 3.05) is 6.54 Å². The Hall–Kier alpha value is -2.14. The van der Waals surface area contributed by atoms with Crippen LogP contribution in [0.15, 0.2) is 24.3 Å². The standard InChI is InChI=1S/C24H30N2O3/c1-24(2)26-19-9-8-15(12-17(19)14-20(26)23(28)29-24)13-21(27)22-18(10-11-25-22)16-6-4-3-5-7-16/h8-9,12,14,16,18,22,25H,3-7,10-11,13H2,1-2H3/t18-,22-/m0/s1. The molecule has 154 valence electrons. The third kappa shape index (κ3) is 3.20. The monoisotopic (exact) mass is 394 g/mol. The molecule has 29 heavy (non-hydrogen) atoms. The summed E-state index contributed by atoms with van der Waals surface area (Å²) in [5, 5.41) is 4.49. The van der Waals surface area contributed by atoms with E-state index in [0.717, 1.165) is 29.4 Å². The lowest BCUT2D eigenvalue weighted by Crippen LogP contribution is -2.40. The van der Waals surface area contributed by atoms with E-state index in [-0.39, 0.29) is 12.0 Å². The average Bonchev–Trinajstić information content (AvgIpc) is 3.37. The van der Waals surface area contributed by atoms with Crippen molar-refractivity contribution in [2.45, 2.75) is 70.6 Å². The smallest absolute Gasteiger partial charge is 0.357 e. The van der Waals surface area contributed by atoms with Crippen LogP contribution in [0.1, 0.15) is 68.4 Å². The molecule has 1 aromatic heterocycles. The fraction of sp³-hybridized carbons (Fsp3) is 0.583. The van der Waals surface area contributed by atoms with Gasteiger partial charge in [-0.05, 0) is 62.4 Å². The van der Waals surface area contributed by atoms with E-state index in [4.69, 9.17) is 4.74 Å². The molecular weight excluding hydrogens is 364 g/mol. The molecule has 2 atom stereocenters. The summed E-state index contributed by atoms with van der Waals surface area (Å²) in [4.78, 5) is 25.3. The van der Waals surface area contributed by atoms with Crippen LogP contribution in [-0.2, 0) is 21.7 Å². The number of nitrogens with zero attached hydrogens (tertiary/aromatic N) is 1. The van der Waals surface area contributed by atoms with Crippen molar-refractivity contribution in [3.05, 3.63) is 35.5 Å². The Morgan fingerprint density at radius 3 is 2.76 bits per heavy atom. The van der Waals surface area contributed by atoms with Gasteiger partial charge in [-0.3, -0.25) is 9.36 Å². The number of nitrogens with one attached hydrogen (secondary N) is 1. The van der Waals surface area contributed by atoms with Gasteiger partial charge in [-0.15, -0.1) is 0 Å². The van der Waals surface area contributed by atoms with Crippen molar-refractivity contribution in [3.8, 4) is 0 Å². The Bertz CT molecular complexity index is 968. The van der Waals surface area contributed by atoms with E-state index in [9.17, 15) is 9.59 Å². The number of aromatic nitrogens is 1. The van der Waals surface area contributed by atoms with Crippen molar-refractivity contribution in [3.63, 3.8) is 0 Å². The van der Waals surface area contributed by atoms with Crippen LogP contribution in [0, 0.1) is 11.8 Å². The zero-order valence-electron chi connectivity index (χ0n) is 17.4. The lowest BCUT2D eigenvalue weighted by Gasteiger charge is -2.30. The predicted molar refractivity (Wildman–Crippen MR) is 112 cm³/mol. The molecular formula is C24H30N2O3. The number of cyclic esters (lactones) is 1. The first-order valence-corrected chi connectivity index (χ1v) is 11.1. The Kier molecular flexibility index (Phi) is 4.54. The minimum atomic E-state index is -0.674. The van der Waals surface area contributed by atoms with Crippen LogP contribution in [0.25, 0.3) is 10.9 Å². The van der Waals surface area contributed by atoms with Gasteiger partial charge in [-0.1, -0.05) is 38.2 Å². The molecule has 1 aromatic carbocycles. The first-order chi connectivity index (χ1) is 13.9. The second kappa shape index (κ2) is 6.98.